The number of nitrogens with two attached hydrogens (primary N) is 1. The van der Waals surface area contributed by atoms with Gasteiger partial charge in [0.05, 0.1) is 60.7 Å². The van der Waals surface area contributed by atoms with E-state index in [1.807, 2.05) is 0 Å². The smallest absolute Gasteiger partial charge is 0.321 e. The zero-order valence-electron chi connectivity index (χ0n) is 30.6. The molecule has 11 N–H and O–H groups in total. The fraction of sp³-hybridized carbons (Fsp3) is 0.500. The van der Waals surface area contributed by atoms with Crippen molar-refractivity contribution in [2.24, 2.45) is 11.7 Å². The minimum absolute atomic E-state index is 0.00243. The van der Waals surface area contributed by atoms with Crippen LogP contribution in [0, 0.1) is 5.92 Å². The van der Waals surface area contributed by atoms with E-state index in [0.29, 0.717) is 0 Å². The molecule has 1 fully saturated rings. The summed E-state index contributed by atoms with van der Waals surface area (Å²) in [5, 5.41) is 76.2. The maximum absolute atomic E-state index is 13.9. The molecule has 1 saturated heterocycles. The molecule has 0 saturated carbocycles. The number of carbonyl (C=O) groups is 6. The van der Waals surface area contributed by atoms with Gasteiger partial charge in [-0.25, -0.2) is 0 Å². The lowest BCUT2D eigenvalue weighted by Gasteiger charge is -2.42. The third-order valence-electron chi connectivity index (χ3n) is 10.5. The molecule has 5 rings (SSSR count). The molecule has 5 unspecified atom stereocenters. The van der Waals surface area contributed by atoms with Crippen LogP contribution in [0.1, 0.15) is 81.7 Å². The van der Waals surface area contributed by atoms with Crippen molar-refractivity contribution in [1.29, 1.82) is 0 Å². The number of ether oxygens (including phenoxy) is 3. The van der Waals surface area contributed by atoms with Crippen molar-refractivity contribution in [2.45, 2.75) is 81.3 Å². The molecule has 2 aromatic carbocycles. The summed E-state index contributed by atoms with van der Waals surface area (Å²) in [4.78, 5) is 86.9. The molecule has 57 heavy (non-hydrogen) atoms. The molecule has 21 heteroatoms. The van der Waals surface area contributed by atoms with E-state index in [9.17, 15) is 68.9 Å². The van der Waals surface area contributed by atoms with Crippen LogP contribution < -0.4 is 15.8 Å². The molecule has 9 atom stereocenters. The maximum atomic E-state index is 13.9. The number of benzene rings is 2. The summed E-state index contributed by atoms with van der Waals surface area (Å²) in [7, 11) is -3.35. The molecule has 3 aliphatic rings. The number of aliphatic hydroxyl groups excluding tert-OH is 1. The predicted molar refractivity (Wildman–Crippen MR) is 192 cm³/mol. The zero-order chi connectivity index (χ0) is 42.3. The number of rotatable bonds is 16. The van der Waals surface area contributed by atoms with Crippen LogP contribution in [0.5, 0.6) is 17.2 Å². The number of fused-ring (bicyclic) bond motifs is 3. The Bertz CT molecular complexity index is 2040. The predicted octanol–water partition coefficient (Wildman–Crippen LogP) is -0.112. The van der Waals surface area contributed by atoms with Crippen LogP contribution in [0.25, 0.3) is 0 Å². The summed E-state index contributed by atoms with van der Waals surface area (Å²) in [6.07, 6.45) is -9.70. The number of phenolic OH excluding ortho intramolecular Hbond substituents is 2. The van der Waals surface area contributed by atoms with E-state index < -0.39 is 158 Å². The van der Waals surface area contributed by atoms with E-state index >= 15 is 0 Å². The molecule has 0 spiro atoms. The highest BCUT2D eigenvalue weighted by Gasteiger charge is 2.50. The van der Waals surface area contributed by atoms with Gasteiger partial charge >= 0.3 is 17.9 Å². The third-order valence-corrected chi connectivity index (χ3v) is 12.4. The quantitative estimate of drug-likeness (QED) is 0.0665. The number of nitrogens with one attached hydrogen (secondary N) is 1. The van der Waals surface area contributed by atoms with Crippen LogP contribution in [-0.2, 0) is 39.6 Å². The normalized spacial score (nSPS) is 26.2. The van der Waals surface area contributed by atoms with Crippen molar-refractivity contribution in [3.63, 3.8) is 0 Å². The lowest BCUT2D eigenvalue weighted by Crippen LogP contribution is -2.54. The number of phenols is 2. The number of carboxylic acids is 3. The number of aliphatic carboxylic acids is 3. The molecule has 1 heterocycles. The Morgan fingerprint density at radius 1 is 1.04 bits per heavy atom. The van der Waals surface area contributed by atoms with Gasteiger partial charge in [0, 0.05) is 54.6 Å². The first kappa shape index (κ1) is 43.3. The lowest BCUT2D eigenvalue weighted by molar-refractivity contribution is -0.247. The van der Waals surface area contributed by atoms with E-state index in [1.165, 1.54) is 32.2 Å². The molecule has 0 radical (unpaired) electrons. The number of methoxy groups -OCH3 is 1. The molecule has 0 amide bonds. The van der Waals surface area contributed by atoms with Gasteiger partial charge in [-0.15, -0.1) is 0 Å². The first-order chi connectivity index (χ1) is 26.6. The van der Waals surface area contributed by atoms with Crippen LogP contribution in [-0.4, -0.2) is 138 Å². The van der Waals surface area contributed by atoms with Gasteiger partial charge in [-0.2, -0.15) is 0 Å². The average molecular weight is 823 g/mol. The highest BCUT2D eigenvalue weighted by atomic mass is 31.2. The number of hydrogen-bond acceptors (Lipinski definition) is 16. The number of Topliss-reactive ketones (excluding diaryl/α,β-unsaturated/α-hetero) is 1. The van der Waals surface area contributed by atoms with E-state index in [-0.39, 0.29) is 34.4 Å². The molecule has 0 bridgehead atoms. The maximum Gasteiger partial charge on any atom is 0.321 e. The second kappa shape index (κ2) is 16.6. The Labute approximate surface area is 323 Å². The van der Waals surface area contributed by atoms with E-state index in [4.69, 9.17) is 25.1 Å². The standard InChI is InChI=1S/C36H43N2O18P/c1-14-29(42)18(37)8-24(55-14)56-21-10-36(51,22(39)11-38-19(35(49)50)13-57(52,53)12-15(34(47)48)6-7-23(40)41)9-17-26(21)33(46)28-27(31(17)44)30(43)16-4-3-5-20(54-2)25(16)32(28)45/h3-5,14-15,18-19,21,24,29,38,42,44,46,51H,6-13,37H2,1-2H3,(H,40,41)(H,47,48)(H,49,50)(H,52,53)/t14-,15?,18?,19?,21+,24-,29?,36+/m0/s1. The first-order valence-electron chi connectivity index (χ1n) is 17.7. The number of carbonyl (C=O) groups excluding carboxylic acids is 3. The SMILES string of the molecule is COc1cccc2c1C(=O)c1c(O)c3c(c(O)c1C2=O)C[C@](O)(C(=O)CNC(CP(=O)(O)CC(CCC(=O)O)C(=O)O)C(=O)O)C[C@H]3O[C@H]1CC(N)C(O)[C@H](C)O1. The van der Waals surface area contributed by atoms with Gasteiger partial charge in [0.2, 0.25) is 13.2 Å². The molecular weight excluding hydrogens is 779 g/mol. The lowest BCUT2D eigenvalue weighted by atomic mass is 9.71. The summed E-state index contributed by atoms with van der Waals surface area (Å²) in [6.45, 7) is 0.504. The van der Waals surface area contributed by atoms with Crippen molar-refractivity contribution >= 4 is 42.6 Å². The second-order valence-corrected chi connectivity index (χ2v) is 16.9. The van der Waals surface area contributed by atoms with Crippen LogP contribution in [0.3, 0.4) is 0 Å². The summed E-state index contributed by atoms with van der Waals surface area (Å²) in [6, 6.07) is 1.31. The van der Waals surface area contributed by atoms with Gasteiger partial charge in [-0.1, -0.05) is 12.1 Å². The second-order valence-electron chi connectivity index (χ2n) is 14.5. The number of hydrogen-bond donors (Lipinski definition) is 10. The van der Waals surface area contributed by atoms with Crippen LogP contribution in [0.4, 0.5) is 0 Å². The highest BCUT2D eigenvalue weighted by molar-refractivity contribution is 7.58. The molecule has 1 aliphatic heterocycles. The molecular formula is C36H43N2O18P. The Kier molecular flexibility index (Phi) is 12.6. The molecule has 310 valence electrons. The Hall–Kier alpha value is -4.79. The van der Waals surface area contributed by atoms with Gasteiger partial charge in [0.25, 0.3) is 0 Å². The van der Waals surface area contributed by atoms with Crippen LogP contribution >= 0.6 is 7.37 Å². The summed E-state index contributed by atoms with van der Waals surface area (Å²) in [5.74, 6) is -10.9. The number of carboxylic acid groups (broad SMARTS) is 3. The van der Waals surface area contributed by atoms with Gasteiger partial charge in [0.1, 0.15) is 28.9 Å². The Morgan fingerprint density at radius 3 is 2.30 bits per heavy atom. The van der Waals surface area contributed by atoms with E-state index in [0.717, 1.165) is 0 Å². The third kappa shape index (κ3) is 8.73. The summed E-state index contributed by atoms with van der Waals surface area (Å²) in [5.41, 5.74) is 1.23. The summed E-state index contributed by atoms with van der Waals surface area (Å²) < 4.78 is 30.2. The largest absolute Gasteiger partial charge is 0.507 e. The fourth-order valence-electron chi connectivity index (χ4n) is 7.51. The van der Waals surface area contributed by atoms with E-state index in [1.54, 1.807) is 0 Å². The van der Waals surface area contributed by atoms with Crippen molar-refractivity contribution in [1.82, 2.24) is 5.32 Å². The van der Waals surface area contributed by atoms with Gasteiger partial charge < -0.3 is 60.6 Å². The minimum atomic E-state index is -4.61. The highest BCUT2D eigenvalue weighted by Crippen LogP contribution is 2.52. The van der Waals surface area contributed by atoms with Crippen molar-refractivity contribution in [2.75, 3.05) is 26.0 Å². The Morgan fingerprint density at radius 2 is 1.70 bits per heavy atom. The number of aliphatic hydroxyl groups is 2. The van der Waals surface area contributed by atoms with Crippen LogP contribution in [0.2, 0.25) is 0 Å². The van der Waals surface area contributed by atoms with Gasteiger partial charge in [-0.05, 0) is 19.4 Å². The zero-order valence-corrected chi connectivity index (χ0v) is 31.5. The number of ketones is 3. The van der Waals surface area contributed by atoms with Crippen molar-refractivity contribution in [3.8, 4) is 17.2 Å². The minimum Gasteiger partial charge on any atom is -0.507 e. The fourth-order valence-corrected chi connectivity index (χ4v) is 9.54. The van der Waals surface area contributed by atoms with Gasteiger partial charge in [-0.3, -0.25) is 38.6 Å². The Balaban J connectivity index is 1.49. The summed E-state index contributed by atoms with van der Waals surface area (Å²) >= 11 is 0. The molecule has 2 aliphatic carbocycles. The van der Waals surface area contributed by atoms with Crippen molar-refractivity contribution < 1.29 is 88.2 Å². The molecule has 0 aromatic heterocycles. The monoisotopic (exact) mass is 822 g/mol. The topological polar surface area (TPSA) is 347 Å². The molecule has 20 nitrogen and oxygen atoms in total. The number of aromatic hydroxyl groups is 2. The van der Waals surface area contributed by atoms with Gasteiger partial charge in [0.15, 0.2) is 17.9 Å². The average Bonchev–Trinajstić information content (AvgIpc) is 3.13. The van der Waals surface area contributed by atoms with E-state index in [2.05, 4.69) is 5.32 Å². The first-order valence-corrected chi connectivity index (χ1v) is 19.7. The van der Waals surface area contributed by atoms with Crippen molar-refractivity contribution in [3.05, 3.63) is 51.6 Å². The van der Waals surface area contributed by atoms with Crippen LogP contribution in [0.15, 0.2) is 18.2 Å². The molecule has 2 aromatic rings.